The van der Waals surface area contributed by atoms with Crippen LogP contribution in [0.5, 0.6) is 0 Å². The summed E-state index contributed by atoms with van der Waals surface area (Å²) in [5.74, 6) is 0.527. The normalized spacial score (nSPS) is 13.7. The molecular formula is C16H18Cl2N6OS. The van der Waals surface area contributed by atoms with Gasteiger partial charge in [-0.25, -0.2) is 4.68 Å². The summed E-state index contributed by atoms with van der Waals surface area (Å²) in [7, 11) is 0. The maximum absolute atomic E-state index is 12.6. The van der Waals surface area contributed by atoms with E-state index < -0.39 is 5.25 Å². The predicted molar refractivity (Wildman–Crippen MR) is 104 cm³/mol. The van der Waals surface area contributed by atoms with E-state index in [4.69, 9.17) is 23.2 Å². The van der Waals surface area contributed by atoms with Crippen LogP contribution >= 0.6 is 35.0 Å². The van der Waals surface area contributed by atoms with Crippen molar-refractivity contribution < 1.29 is 4.79 Å². The quantitative estimate of drug-likeness (QED) is 0.609. The number of hydrogen-bond donors (Lipinski definition) is 1. The van der Waals surface area contributed by atoms with Gasteiger partial charge < -0.3 is 5.32 Å². The third kappa shape index (κ3) is 3.82. The van der Waals surface area contributed by atoms with Gasteiger partial charge in [-0.2, -0.15) is 5.10 Å². The van der Waals surface area contributed by atoms with Crippen LogP contribution in [0.1, 0.15) is 33.2 Å². The number of nitrogens with zero attached hydrogens (tertiary/aromatic N) is 5. The molecular weight excluding hydrogens is 395 g/mol. The molecule has 26 heavy (non-hydrogen) atoms. The number of carbonyl (C=O) groups is 1. The highest BCUT2D eigenvalue weighted by atomic mass is 35.5. The van der Waals surface area contributed by atoms with Crippen LogP contribution < -0.4 is 5.32 Å². The number of fused-ring (bicyclic) bond motifs is 1. The first-order valence-electron chi connectivity index (χ1n) is 8.11. The molecule has 3 rings (SSSR count). The highest BCUT2D eigenvalue weighted by molar-refractivity contribution is 8.00. The van der Waals surface area contributed by atoms with Crippen LogP contribution in [0.25, 0.3) is 5.65 Å². The number of anilines is 1. The molecule has 0 aliphatic heterocycles. The number of aromatic nitrogens is 5. The molecule has 0 spiro atoms. The molecule has 0 bridgehead atoms. The minimum atomic E-state index is -0.402. The number of thioether (sulfide) groups is 1. The second kappa shape index (κ2) is 7.85. The number of pyridine rings is 1. The lowest BCUT2D eigenvalue weighted by molar-refractivity contribution is -0.115. The van der Waals surface area contributed by atoms with Crippen LogP contribution in [0, 0.1) is 0 Å². The van der Waals surface area contributed by atoms with Crippen LogP contribution in [-0.2, 0) is 4.79 Å². The average molecular weight is 413 g/mol. The molecule has 0 aliphatic carbocycles. The van der Waals surface area contributed by atoms with Gasteiger partial charge in [0.05, 0.1) is 27.5 Å². The molecule has 1 N–H and O–H groups in total. The summed E-state index contributed by atoms with van der Waals surface area (Å²) in [5.41, 5.74) is 0.501. The van der Waals surface area contributed by atoms with Crippen LogP contribution in [0.15, 0.2) is 29.7 Å². The van der Waals surface area contributed by atoms with Crippen molar-refractivity contribution in [3.05, 3.63) is 34.6 Å². The van der Waals surface area contributed by atoms with E-state index >= 15 is 0 Å². The van der Waals surface area contributed by atoms with Gasteiger partial charge in [0.1, 0.15) is 5.82 Å². The maximum atomic E-state index is 12.6. The number of nitrogens with one attached hydrogen (secondary N) is 1. The van der Waals surface area contributed by atoms with Crippen molar-refractivity contribution in [3.63, 3.8) is 0 Å². The van der Waals surface area contributed by atoms with Gasteiger partial charge in [0, 0.05) is 12.3 Å². The van der Waals surface area contributed by atoms with Crippen molar-refractivity contribution in [2.75, 3.05) is 5.32 Å². The zero-order chi connectivity index (χ0) is 18.8. The minimum absolute atomic E-state index is 0.148. The van der Waals surface area contributed by atoms with Crippen molar-refractivity contribution in [2.45, 2.75) is 43.6 Å². The zero-order valence-electron chi connectivity index (χ0n) is 14.5. The Balaban J connectivity index is 1.75. The molecule has 2 atom stereocenters. The number of carbonyl (C=O) groups excluding carboxylic acids is 1. The van der Waals surface area contributed by atoms with Gasteiger partial charge in [0.2, 0.25) is 5.91 Å². The summed E-state index contributed by atoms with van der Waals surface area (Å²) in [6.07, 6.45) is 4.27. The fourth-order valence-corrected chi connectivity index (χ4v) is 3.69. The van der Waals surface area contributed by atoms with Crippen molar-refractivity contribution in [1.29, 1.82) is 0 Å². The monoisotopic (exact) mass is 412 g/mol. The van der Waals surface area contributed by atoms with Crippen molar-refractivity contribution in [1.82, 2.24) is 24.4 Å². The van der Waals surface area contributed by atoms with E-state index in [2.05, 4.69) is 34.5 Å². The molecule has 0 saturated heterocycles. The van der Waals surface area contributed by atoms with Gasteiger partial charge in [0.15, 0.2) is 10.8 Å². The van der Waals surface area contributed by atoms with E-state index in [0.717, 1.165) is 6.42 Å². The lowest BCUT2D eigenvalue weighted by Crippen LogP contribution is -2.25. The molecule has 0 saturated carbocycles. The molecule has 7 nitrogen and oxygen atoms in total. The van der Waals surface area contributed by atoms with Crippen LogP contribution in [0.3, 0.4) is 0 Å². The van der Waals surface area contributed by atoms with Crippen LogP contribution in [-0.4, -0.2) is 35.5 Å². The highest BCUT2D eigenvalue weighted by Crippen LogP contribution is 2.28. The zero-order valence-corrected chi connectivity index (χ0v) is 16.8. The number of hydrogen-bond acceptors (Lipinski definition) is 5. The van der Waals surface area contributed by atoms with Gasteiger partial charge in [-0.1, -0.05) is 41.9 Å². The van der Waals surface area contributed by atoms with Gasteiger partial charge in [0.25, 0.3) is 0 Å². The summed E-state index contributed by atoms with van der Waals surface area (Å²) in [4.78, 5) is 12.6. The summed E-state index contributed by atoms with van der Waals surface area (Å²) in [6.45, 7) is 5.93. The van der Waals surface area contributed by atoms with Gasteiger partial charge in [-0.15, -0.1) is 10.2 Å². The Kier molecular flexibility index (Phi) is 5.74. The molecule has 3 heterocycles. The molecule has 0 unspecified atom stereocenters. The second-order valence-corrected chi connectivity index (χ2v) is 8.00. The molecule has 0 aromatic carbocycles. The lowest BCUT2D eigenvalue weighted by atomic mass is 10.3. The third-order valence-electron chi connectivity index (χ3n) is 3.98. The highest BCUT2D eigenvalue weighted by Gasteiger charge is 2.21. The van der Waals surface area contributed by atoms with Gasteiger partial charge >= 0.3 is 0 Å². The fourth-order valence-electron chi connectivity index (χ4n) is 2.36. The van der Waals surface area contributed by atoms with Crippen molar-refractivity contribution in [2.24, 2.45) is 0 Å². The Bertz CT molecular complexity index is 940. The summed E-state index contributed by atoms with van der Waals surface area (Å²) in [6, 6.07) is 3.59. The van der Waals surface area contributed by atoms with E-state index in [1.807, 2.05) is 0 Å². The predicted octanol–water partition coefficient (Wildman–Crippen LogP) is 4.32. The van der Waals surface area contributed by atoms with Crippen LogP contribution in [0.4, 0.5) is 5.82 Å². The maximum Gasteiger partial charge on any atom is 0.238 e. The molecule has 3 aromatic heterocycles. The first-order chi connectivity index (χ1) is 12.4. The van der Waals surface area contributed by atoms with E-state index in [9.17, 15) is 4.79 Å². The topological polar surface area (TPSA) is 77.1 Å². The van der Waals surface area contributed by atoms with E-state index in [1.165, 1.54) is 11.8 Å². The standard InChI is InChI=1S/C16H18Cl2N6OS/c1-4-9(2)24-13(5-6-19-24)20-15(25)10(3)26-16-22-21-14-12(18)7-11(17)8-23(14)16/h5-10H,4H2,1-3H3,(H,20,25)/t9-,10+/m1/s1. The molecule has 0 radical (unpaired) electrons. The smallest absolute Gasteiger partial charge is 0.238 e. The second-order valence-electron chi connectivity index (χ2n) is 5.85. The average Bonchev–Trinajstić information content (AvgIpc) is 3.21. The fraction of sp³-hybridized carbons (Fsp3) is 0.375. The van der Waals surface area contributed by atoms with Gasteiger partial charge in [-0.3, -0.25) is 9.20 Å². The lowest BCUT2D eigenvalue weighted by Gasteiger charge is -2.16. The van der Waals surface area contributed by atoms with Crippen molar-refractivity contribution in [3.8, 4) is 0 Å². The third-order valence-corrected chi connectivity index (χ3v) is 5.52. The molecule has 138 valence electrons. The number of amides is 1. The van der Waals surface area contributed by atoms with E-state index in [0.29, 0.717) is 26.7 Å². The Labute approximate surface area is 165 Å². The van der Waals surface area contributed by atoms with Gasteiger partial charge in [-0.05, 0) is 26.3 Å². The number of rotatable bonds is 6. The van der Waals surface area contributed by atoms with E-state index in [1.54, 1.807) is 40.5 Å². The summed E-state index contributed by atoms with van der Waals surface area (Å²) >= 11 is 13.5. The molecule has 3 aromatic rings. The van der Waals surface area contributed by atoms with Crippen molar-refractivity contribution >= 4 is 52.3 Å². The Morgan fingerprint density at radius 3 is 2.85 bits per heavy atom. The first-order valence-corrected chi connectivity index (χ1v) is 9.75. The number of halogens is 2. The minimum Gasteiger partial charge on any atom is -0.310 e. The SMILES string of the molecule is CC[C@@H](C)n1nccc1NC(=O)[C@H](C)Sc1nnc2c(Cl)cc(Cl)cn12. The molecule has 0 fully saturated rings. The largest absolute Gasteiger partial charge is 0.310 e. The summed E-state index contributed by atoms with van der Waals surface area (Å²) in [5, 5.41) is 16.4. The molecule has 1 amide bonds. The molecule has 0 aliphatic rings. The Hall–Kier alpha value is -1.77. The first kappa shape index (κ1) is 19.0. The molecule has 10 heteroatoms. The Morgan fingerprint density at radius 1 is 1.35 bits per heavy atom. The van der Waals surface area contributed by atoms with Crippen LogP contribution in [0.2, 0.25) is 10.0 Å². The van der Waals surface area contributed by atoms with E-state index in [-0.39, 0.29) is 11.9 Å². The Morgan fingerprint density at radius 2 is 2.12 bits per heavy atom. The summed E-state index contributed by atoms with van der Waals surface area (Å²) < 4.78 is 3.49.